The Balaban J connectivity index is 2.34. The molecule has 0 spiro atoms. The molecule has 0 bridgehead atoms. The summed E-state index contributed by atoms with van der Waals surface area (Å²) < 4.78 is 6.16. The first-order valence-electron chi connectivity index (χ1n) is 7.30. The molecule has 0 saturated carbocycles. The molecule has 0 fully saturated rings. The number of nitrogens with one attached hydrogen (secondary N) is 1. The van der Waals surface area contributed by atoms with Crippen LogP contribution in [0.15, 0.2) is 30.3 Å². The van der Waals surface area contributed by atoms with Gasteiger partial charge >= 0.3 is 0 Å². The highest BCUT2D eigenvalue weighted by Crippen LogP contribution is 2.27. The number of para-hydroxylation sites is 1. The molecule has 1 unspecified atom stereocenters. The van der Waals surface area contributed by atoms with E-state index in [1.54, 1.807) is 0 Å². The van der Waals surface area contributed by atoms with Gasteiger partial charge in [-0.15, -0.1) is 0 Å². The summed E-state index contributed by atoms with van der Waals surface area (Å²) in [5.74, 6) is 1.57. The highest BCUT2D eigenvalue weighted by molar-refractivity contribution is 5.85. The third kappa shape index (κ3) is 3.70. The Morgan fingerprint density at radius 1 is 1.20 bits per heavy atom. The average molecular weight is 272 g/mol. The second kappa shape index (κ2) is 6.71. The van der Waals surface area contributed by atoms with E-state index < -0.39 is 0 Å². The number of aromatic nitrogens is 1. The van der Waals surface area contributed by atoms with Crippen molar-refractivity contribution < 1.29 is 4.74 Å². The summed E-state index contributed by atoms with van der Waals surface area (Å²) in [6.45, 7) is 7.32. The number of nitrogens with zero attached hydrogens (tertiary/aromatic N) is 1. The zero-order valence-corrected chi connectivity index (χ0v) is 12.8. The van der Waals surface area contributed by atoms with Crippen LogP contribution in [0.5, 0.6) is 5.75 Å². The summed E-state index contributed by atoms with van der Waals surface area (Å²) in [5.41, 5.74) is 2.00. The van der Waals surface area contributed by atoms with Gasteiger partial charge in [0.15, 0.2) is 0 Å². The van der Waals surface area contributed by atoms with Crippen molar-refractivity contribution in [3.63, 3.8) is 0 Å². The number of benzene rings is 1. The second-order valence-corrected chi connectivity index (χ2v) is 5.72. The number of fused-ring (bicyclic) bond motifs is 1. The molecule has 3 nitrogen and oxygen atoms in total. The molecule has 1 aromatic heterocycles. The first-order chi connectivity index (χ1) is 9.60. The zero-order valence-electron chi connectivity index (χ0n) is 12.8. The lowest BCUT2D eigenvalue weighted by atomic mass is 10.1. The summed E-state index contributed by atoms with van der Waals surface area (Å²) >= 11 is 0. The Hall–Kier alpha value is -1.61. The first-order valence-corrected chi connectivity index (χ1v) is 7.30. The van der Waals surface area contributed by atoms with Crippen molar-refractivity contribution in [3.8, 4) is 5.75 Å². The van der Waals surface area contributed by atoms with Crippen molar-refractivity contribution in [1.29, 1.82) is 0 Å². The fraction of sp³-hybridized carbons (Fsp3) is 0.471. The predicted octanol–water partition coefficient (Wildman–Crippen LogP) is 3.77. The minimum Gasteiger partial charge on any atom is -0.490 e. The molecule has 1 aromatic carbocycles. The van der Waals surface area contributed by atoms with Crippen LogP contribution >= 0.6 is 0 Å². The van der Waals surface area contributed by atoms with Crippen molar-refractivity contribution in [2.24, 2.45) is 5.92 Å². The molecule has 2 aromatic rings. The molecule has 1 atom stereocenters. The third-order valence-corrected chi connectivity index (χ3v) is 3.22. The molecule has 0 aliphatic carbocycles. The van der Waals surface area contributed by atoms with E-state index in [-0.39, 0.29) is 6.10 Å². The van der Waals surface area contributed by atoms with Crippen molar-refractivity contribution in [2.45, 2.75) is 39.8 Å². The fourth-order valence-electron chi connectivity index (χ4n) is 2.49. The van der Waals surface area contributed by atoms with Gasteiger partial charge in [0.05, 0.1) is 17.3 Å². The molecule has 0 amide bonds. The molecule has 1 N–H and O–H groups in total. The van der Waals surface area contributed by atoms with E-state index in [4.69, 9.17) is 4.74 Å². The van der Waals surface area contributed by atoms with Crippen LogP contribution in [0.25, 0.3) is 10.9 Å². The van der Waals surface area contributed by atoms with Gasteiger partial charge in [-0.05, 0) is 38.4 Å². The van der Waals surface area contributed by atoms with Gasteiger partial charge in [-0.3, -0.25) is 4.98 Å². The molecular weight excluding hydrogens is 248 g/mol. The van der Waals surface area contributed by atoms with Crippen LogP contribution in [0.1, 0.15) is 32.9 Å². The van der Waals surface area contributed by atoms with Gasteiger partial charge in [0, 0.05) is 18.0 Å². The van der Waals surface area contributed by atoms with E-state index in [0.29, 0.717) is 5.92 Å². The monoisotopic (exact) mass is 272 g/mol. The smallest absolute Gasteiger partial charge is 0.130 e. The highest BCUT2D eigenvalue weighted by atomic mass is 16.5. The Morgan fingerprint density at radius 3 is 2.65 bits per heavy atom. The van der Waals surface area contributed by atoms with Crippen LogP contribution < -0.4 is 10.1 Å². The number of hydrogen-bond acceptors (Lipinski definition) is 3. The molecule has 1 heterocycles. The summed E-state index contributed by atoms with van der Waals surface area (Å²) in [4.78, 5) is 4.65. The van der Waals surface area contributed by atoms with Crippen molar-refractivity contribution in [1.82, 2.24) is 10.3 Å². The van der Waals surface area contributed by atoms with Crippen LogP contribution in [0, 0.1) is 5.92 Å². The van der Waals surface area contributed by atoms with E-state index in [2.05, 4.69) is 43.2 Å². The van der Waals surface area contributed by atoms with Gasteiger partial charge in [0.25, 0.3) is 0 Å². The van der Waals surface area contributed by atoms with E-state index in [9.17, 15) is 0 Å². The van der Waals surface area contributed by atoms with Crippen LogP contribution in [-0.4, -0.2) is 18.1 Å². The largest absolute Gasteiger partial charge is 0.490 e. The van der Waals surface area contributed by atoms with Crippen molar-refractivity contribution in [2.75, 3.05) is 7.05 Å². The highest BCUT2D eigenvalue weighted by Gasteiger charge is 2.11. The molecule has 0 saturated heterocycles. The lowest BCUT2D eigenvalue weighted by Crippen LogP contribution is -2.15. The van der Waals surface area contributed by atoms with Gasteiger partial charge in [0.1, 0.15) is 5.75 Å². The van der Waals surface area contributed by atoms with Crippen LogP contribution in [0.2, 0.25) is 0 Å². The van der Waals surface area contributed by atoms with Gasteiger partial charge in [-0.25, -0.2) is 0 Å². The van der Waals surface area contributed by atoms with E-state index >= 15 is 0 Å². The maximum absolute atomic E-state index is 6.16. The molecule has 0 aliphatic rings. The minimum absolute atomic E-state index is 0.211. The lowest BCUT2D eigenvalue weighted by molar-refractivity contribution is 0.195. The third-order valence-electron chi connectivity index (χ3n) is 3.22. The number of rotatable bonds is 6. The van der Waals surface area contributed by atoms with Crippen molar-refractivity contribution >= 4 is 10.9 Å². The first kappa shape index (κ1) is 14.8. The van der Waals surface area contributed by atoms with Crippen LogP contribution in [-0.2, 0) is 6.54 Å². The number of hydrogen-bond donors (Lipinski definition) is 1. The maximum Gasteiger partial charge on any atom is 0.130 e. The molecule has 0 aliphatic heterocycles. The van der Waals surface area contributed by atoms with Gasteiger partial charge in [0.2, 0.25) is 0 Å². The molecule has 3 heteroatoms. The molecule has 2 rings (SSSR count). The van der Waals surface area contributed by atoms with Crippen molar-refractivity contribution in [3.05, 3.63) is 36.0 Å². The Bertz CT molecular complexity index is 566. The fourth-order valence-corrected chi connectivity index (χ4v) is 2.49. The standard InChI is InChI=1S/C17H24N2O/c1-12(2)9-13(3)20-17-10-14(11-18-4)19-16-8-6-5-7-15(16)17/h5-8,10,12-13,18H,9,11H2,1-4H3. The minimum atomic E-state index is 0.211. The topological polar surface area (TPSA) is 34.1 Å². The lowest BCUT2D eigenvalue weighted by Gasteiger charge is -2.18. The summed E-state index contributed by atoms with van der Waals surface area (Å²) in [6.07, 6.45) is 1.26. The van der Waals surface area contributed by atoms with Crippen LogP contribution in [0.3, 0.4) is 0 Å². The van der Waals surface area contributed by atoms with Gasteiger partial charge < -0.3 is 10.1 Å². The van der Waals surface area contributed by atoms with E-state index in [0.717, 1.165) is 35.3 Å². The molecule has 108 valence electrons. The summed E-state index contributed by atoms with van der Waals surface area (Å²) in [5, 5.41) is 4.23. The molecule has 0 radical (unpaired) electrons. The normalized spacial score (nSPS) is 12.8. The average Bonchev–Trinajstić information content (AvgIpc) is 2.38. The summed E-state index contributed by atoms with van der Waals surface area (Å²) in [7, 11) is 1.93. The zero-order chi connectivity index (χ0) is 14.5. The Labute approximate surface area is 121 Å². The van der Waals surface area contributed by atoms with E-state index in [1.807, 2.05) is 25.2 Å². The Morgan fingerprint density at radius 2 is 1.95 bits per heavy atom. The Kier molecular flexibility index (Phi) is 4.96. The number of ether oxygens (including phenoxy) is 1. The molecular formula is C17H24N2O. The van der Waals surface area contributed by atoms with Gasteiger partial charge in [-0.1, -0.05) is 26.0 Å². The van der Waals surface area contributed by atoms with Gasteiger partial charge in [-0.2, -0.15) is 0 Å². The predicted molar refractivity (Wildman–Crippen MR) is 84.1 cm³/mol. The number of pyridine rings is 1. The summed E-state index contributed by atoms with van der Waals surface area (Å²) in [6, 6.07) is 10.2. The van der Waals surface area contributed by atoms with Crippen LogP contribution in [0.4, 0.5) is 0 Å². The maximum atomic E-state index is 6.16. The quantitative estimate of drug-likeness (QED) is 0.869. The molecule has 20 heavy (non-hydrogen) atoms. The van der Waals surface area contributed by atoms with E-state index in [1.165, 1.54) is 0 Å². The SMILES string of the molecule is CNCc1cc(OC(C)CC(C)C)c2ccccc2n1. The second-order valence-electron chi connectivity index (χ2n) is 5.72.